The predicted octanol–water partition coefficient (Wildman–Crippen LogP) is 3.43. The number of ketones is 2. The van der Waals surface area contributed by atoms with E-state index in [-0.39, 0.29) is 23.4 Å². The van der Waals surface area contributed by atoms with E-state index in [9.17, 15) is 9.59 Å². The lowest BCUT2D eigenvalue weighted by molar-refractivity contribution is 0.0724. The summed E-state index contributed by atoms with van der Waals surface area (Å²) >= 11 is 0. The molecule has 0 saturated heterocycles. The summed E-state index contributed by atoms with van der Waals surface area (Å²) in [5, 5.41) is 0. The third-order valence-corrected chi connectivity index (χ3v) is 4.21. The number of carbonyl (C=O) groups excluding carboxylic acids is 2. The van der Waals surface area contributed by atoms with Gasteiger partial charge in [0.1, 0.15) is 0 Å². The lowest BCUT2D eigenvalue weighted by atomic mass is 9.67. The maximum Gasteiger partial charge on any atom is 0.167 e. The van der Waals surface area contributed by atoms with Crippen LogP contribution in [-0.4, -0.2) is 11.6 Å². The molecule has 1 aromatic carbocycles. The lowest BCUT2D eigenvalue weighted by Gasteiger charge is -2.33. The average Bonchev–Trinajstić information content (AvgIpc) is 2.44. The van der Waals surface area contributed by atoms with Gasteiger partial charge in [0.2, 0.25) is 0 Å². The van der Waals surface area contributed by atoms with Crippen LogP contribution in [0.5, 0.6) is 0 Å². The molecule has 92 valence electrons. The van der Waals surface area contributed by atoms with Crippen molar-refractivity contribution in [1.82, 2.24) is 0 Å². The third kappa shape index (κ3) is 1.56. The fourth-order valence-electron chi connectivity index (χ4n) is 3.13. The summed E-state index contributed by atoms with van der Waals surface area (Å²) in [6.45, 7) is 2.11. The molecule has 1 aromatic rings. The van der Waals surface area contributed by atoms with Crippen LogP contribution in [0.1, 0.15) is 46.9 Å². The third-order valence-electron chi connectivity index (χ3n) is 4.21. The predicted molar refractivity (Wildman–Crippen MR) is 69.7 cm³/mol. The molecule has 0 saturated carbocycles. The van der Waals surface area contributed by atoms with E-state index >= 15 is 0 Å². The Morgan fingerprint density at radius 1 is 1.06 bits per heavy atom. The highest BCUT2D eigenvalue weighted by Gasteiger charge is 2.42. The molecule has 0 spiro atoms. The topological polar surface area (TPSA) is 34.1 Å². The molecule has 3 rings (SSSR count). The first kappa shape index (κ1) is 11.4. The summed E-state index contributed by atoms with van der Waals surface area (Å²) < 4.78 is 0. The Hall–Kier alpha value is -1.70. The van der Waals surface area contributed by atoms with Crippen LogP contribution in [-0.2, 0) is 0 Å². The van der Waals surface area contributed by atoms with Gasteiger partial charge in [-0.2, -0.15) is 0 Å². The van der Waals surface area contributed by atoms with Crippen LogP contribution in [0.4, 0.5) is 0 Å². The number of rotatable bonds is 1. The minimum atomic E-state index is -0.123. The summed E-state index contributed by atoms with van der Waals surface area (Å²) in [4.78, 5) is 24.9. The second-order valence-corrected chi connectivity index (χ2v) is 5.14. The molecule has 0 bridgehead atoms. The van der Waals surface area contributed by atoms with E-state index in [4.69, 9.17) is 0 Å². The van der Waals surface area contributed by atoms with Crippen LogP contribution in [0.25, 0.3) is 0 Å². The van der Waals surface area contributed by atoms with E-state index in [1.807, 2.05) is 12.1 Å². The van der Waals surface area contributed by atoms with Crippen LogP contribution in [0, 0.1) is 11.8 Å². The zero-order valence-corrected chi connectivity index (χ0v) is 10.5. The largest absolute Gasteiger partial charge is 0.294 e. The van der Waals surface area contributed by atoms with E-state index in [0.717, 1.165) is 19.3 Å². The van der Waals surface area contributed by atoms with E-state index in [1.54, 1.807) is 12.1 Å². The monoisotopic (exact) mass is 240 g/mol. The van der Waals surface area contributed by atoms with Crippen LogP contribution >= 0.6 is 0 Å². The summed E-state index contributed by atoms with van der Waals surface area (Å²) in [5.74, 6) is 0.0749. The summed E-state index contributed by atoms with van der Waals surface area (Å²) in [6, 6.07) is 7.24. The van der Waals surface area contributed by atoms with Crippen LogP contribution in [0.15, 0.2) is 35.9 Å². The van der Waals surface area contributed by atoms with E-state index < -0.39 is 0 Å². The molecule has 2 atom stereocenters. The number of Topliss-reactive ketones (excluding diaryl/α,β-unsaturated/α-hetero) is 2. The van der Waals surface area contributed by atoms with Gasteiger partial charge in [-0.25, -0.2) is 0 Å². The molecule has 2 heteroatoms. The smallest absolute Gasteiger partial charge is 0.167 e. The van der Waals surface area contributed by atoms with Gasteiger partial charge < -0.3 is 0 Å². The molecule has 0 radical (unpaired) electrons. The molecule has 0 N–H and O–H groups in total. The highest BCUT2D eigenvalue weighted by Crippen LogP contribution is 2.39. The molecular weight excluding hydrogens is 224 g/mol. The first-order valence-corrected chi connectivity index (χ1v) is 6.57. The Kier molecular flexibility index (Phi) is 2.66. The Balaban J connectivity index is 2.06. The van der Waals surface area contributed by atoms with Crippen molar-refractivity contribution < 1.29 is 9.59 Å². The number of fused-ring (bicyclic) bond motifs is 2. The van der Waals surface area contributed by atoms with Gasteiger partial charge in [0, 0.05) is 23.0 Å². The van der Waals surface area contributed by atoms with Crippen molar-refractivity contribution in [2.75, 3.05) is 0 Å². The minimum absolute atomic E-state index is 0.118. The van der Waals surface area contributed by atoms with Crippen molar-refractivity contribution in [1.29, 1.82) is 0 Å². The molecule has 0 aromatic heterocycles. The van der Waals surface area contributed by atoms with Crippen molar-refractivity contribution in [2.45, 2.75) is 26.2 Å². The molecule has 18 heavy (non-hydrogen) atoms. The summed E-state index contributed by atoms with van der Waals surface area (Å²) in [5.41, 5.74) is 2.56. The molecule has 2 unspecified atom stereocenters. The van der Waals surface area contributed by atoms with Crippen LogP contribution in [0.3, 0.4) is 0 Å². The highest BCUT2D eigenvalue weighted by molar-refractivity contribution is 6.16. The number of carbonyl (C=O) groups is 2. The van der Waals surface area contributed by atoms with Gasteiger partial charge in [-0.15, -0.1) is 0 Å². The van der Waals surface area contributed by atoms with Gasteiger partial charge in [-0.05, 0) is 19.3 Å². The summed E-state index contributed by atoms with van der Waals surface area (Å²) in [6.07, 6.45) is 4.62. The van der Waals surface area contributed by atoms with E-state index in [1.165, 1.54) is 5.57 Å². The molecule has 2 aliphatic rings. The lowest BCUT2D eigenvalue weighted by Crippen LogP contribution is -2.38. The highest BCUT2D eigenvalue weighted by atomic mass is 16.1. The molecule has 0 heterocycles. The van der Waals surface area contributed by atoms with Crippen molar-refractivity contribution >= 4 is 11.6 Å². The maximum absolute atomic E-state index is 12.5. The second kappa shape index (κ2) is 4.20. The van der Waals surface area contributed by atoms with Gasteiger partial charge in [-0.3, -0.25) is 9.59 Å². The number of hydrogen-bond donors (Lipinski definition) is 0. The van der Waals surface area contributed by atoms with Crippen molar-refractivity contribution in [3.05, 3.63) is 47.0 Å². The fraction of sp³-hybridized carbons (Fsp3) is 0.375. The number of benzene rings is 1. The Morgan fingerprint density at radius 2 is 1.67 bits per heavy atom. The van der Waals surface area contributed by atoms with Crippen molar-refractivity contribution in [3.63, 3.8) is 0 Å². The van der Waals surface area contributed by atoms with E-state index in [0.29, 0.717) is 11.1 Å². The second-order valence-electron chi connectivity index (χ2n) is 5.14. The zero-order chi connectivity index (χ0) is 12.7. The quantitative estimate of drug-likeness (QED) is 0.705. The van der Waals surface area contributed by atoms with Crippen molar-refractivity contribution in [3.8, 4) is 0 Å². The standard InChI is InChI=1S/C16H16O2/c1-2-10-7-8-13-14(9-10)16(18)12-6-4-3-5-11(12)15(13)17/h3-7,13-14H,2,8-9H2,1H3. The Morgan fingerprint density at radius 3 is 2.28 bits per heavy atom. The van der Waals surface area contributed by atoms with Gasteiger partial charge >= 0.3 is 0 Å². The van der Waals surface area contributed by atoms with Crippen molar-refractivity contribution in [2.24, 2.45) is 11.8 Å². The average molecular weight is 240 g/mol. The van der Waals surface area contributed by atoms with Gasteiger partial charge in [0.15, 0.2) is 11.6 Å². The number of hydrogen-bond acceptors (Lipinski definition) is 2. The van der Waals surface area contributed by atoms with E-state index in [2.05, 4.69) is 13.0 Å². The zero-order valence-electron chi connectivity index (χ0n) is 10.5. The van der Waals surface area contributed by atoms with Crippen LogP contribution < -0.4 is 0 Å². The number of allylic oxidation sites excluding steroid dienone is 2. The van der Waals surface area contributed by atoms with Gasteiger partial charge in [0.25, 0.3) is 0 Å². The Bertz CT molecular complexity index is 554. The molecular formula is C16H16O2. The van der Waals surface area contributed by atoms with Gasteiger partial charge in [0.05, 0.1) is 0 Å². The normalized spacial score (nSPS) is 26.4. The molecule has 0 aliphatic heterocycles. The minimum Gasteiger partial charge on any atom is -0.294 e. The molecule has 0 amide bonds. The SMILES string of the molecule is CCC1=CCC2C(=O)c3ccccc3C(=O)C2C1. The maximum atomic E-state index is 12.5. The molecule has 2 aliphatic carbocycles. The fourth-order valence-corrected chi connectivity index (χ4v) is 3.13. The molecule has 0 fully saturated rings. The first-order chi connectivity index (χ1) is 8.72. The van der Waals surface area contributed by atoms with Crippen LogP contribution in [0.2, 0.25) is 0 Å². The van der Waals surface area contributed by atoms with Gasteiger partial charge in [-0.1, -0.05) is 42.8 Å². The first-order valence-electron chi connectivity index (χ1n) is 6.57. The summed E-state index contributed by atoms with van der Waals surface area (Å²) in [7, 11) is 0. The molecule has 2 nitrogen and oxygen atoms in total. The Labute approximate surface area is 107 Å².